The van der Waals surface area contributed by atoms with Gasteiger partial charge in [0.15, 0.2) is 6.61 Å². The van der Waals surface area contributed by atoms with Crippen molar-refractivity contribution in [3.63, 3.8) is 0 Å². The van der Waals surface area contributed by atoms with E-state index in [9.17, 15) is 4.79 Å². The average Bonchev–Trinajstić information content (AvgIpc) is 3.29. The van der Waals surface area contributed by atoms with E-state index < -0.39 is 0 Å². The van der Waals surface area contributed by atoms with Crippen molar-refractivity contribution in [3.05, 3.63) is 28.8 Å². The van der Waals surface area contributed by atoms with E-state index in [4.69, 9.17) is 16.3 Å². The molecule has 1 amide bonds. The van der Waals surface area contributed by atoms with E-state index in [1.807, 2.05) is 30.9 Å². The minimum atomic E-state index is 0.0364. The maximum atomic E-state index is 12.2. The van der Waals surface area contributed by atoms with Crippen molar-refractivity contribution in [2.45, 2.75) is 39.3 Å². The van der Waals surface area contributed by atoms with Gasteiger partial charge >= 0.3 is 0 Å². The molecule has 0 heterocycles. The summed E-state index contributed by atoms with van der Waals surface area (Å²) in [5, 5.41) is 3.80. The standard InChI is InChI=1S/C16H23ClN2O2/c1-3-18-10-12-6-5-7-14(17)16(12)21-11-15(20)19(4-2)13-8-9-13/h5-7,13,18H,3-4,8-11H2,1-2H3. The molecule has 2 rings (SSSR count). The molecule has 0 atom stereocenters. The zero-order valence-electron chi connectivity index (χ0n) is 12.7. The molecule has 0 unspecified atom stereocenters. The molecule has 0 bridgehead atoms. The molecule has 1 aromatic carbocycles. The normalized spacial score (nSPS) is 14.0. The van der Waals surface area contributed by atoms with Crippen LogP contribution >= 0.6 is 11.6 Å². The lowest BCUT2D eigenvalue weighted by Crippen LogP contribution is -2.36. The lowest BCUT2D eigenvalue weighted by atomic mass is 10.2. The van der Waals surface area contributed by atoms with Crippen LogP contribution in [0.4, 0.5) is 0 Å². The number of likely N-dealkylation sites (N-methyl/N-ethyl adjacent to an activating group) is 1. The third-order valence-electron chi connectivity index (χ3n) is 3.60. The zero-order chi connectivity index (χ0) is 15.2. The molecule has 1 aromatic rings. The maximum Gasteiger partial charge on any atom is 0.260 e. The average molecular weight is 311 g/mol. The highest BCUT2D eigenvalue weighted by Crippen LogP contribution is 2.30. The fourth-order valence-electron chi connectivity index (χ4n) is 2.36. The molecule has 0 aromatic heterocycles. The van der Waals surface area contributed by atoms with Crippen molar-refractivity contribution < 1.29 is 9.53 Å². The summed E-state index contributed by atoms with van der Waals surface area (Å²) in [6.45, 7) is 6.38. The van der Waals surface area contributed by atoms with E-state index in [-0.39, 0.29) is 12.5 Å². The van der Waals surface area contributed by atoms with Crippen LogP contribution in [0.25, 0.3) is 0 Å². The number of rotatable bonds is 8. The molecule has 1 N–H and O–H groups in total. The Labute approximate surface area is 131 Å². The van der Waals surface area contributed by atoms with Crippen molar-refractivity contribution in [1.82, 2.24) is 10.2 Å². The molecule has 116 valence electrons. The number of nitrogens with one attached hydrogen (secondary N) is 1. The highest BCUT2D eigenvalue weighted by atomic mass is 35.5. The van der Waals surface area contributed by atoms with Crippen molar-refractivity contribution in [2.75, 3.05) is 19.7 Å². The van der Waals surface area contributed by atoms with Gasteiger partial charge in [0.2, 0.25) is 0 Å². The summed E-state index contributed by atoms with van der Waals surface area (Å²) in [6.07, 6.45) is 2.22. The number of carbonyl (C=O) groups excluding carboxylic acids is 1. The third kappa shape index (κ3) is 4.35. The molecule has 0 spiro atoms. The van der Waals surface area contributed by atoms with Gasteiger partial charge in [-0.2, -0.15) is 0 Å². The number of carbonyl (C=O) groups is 1. The SMILES string of the molecule is CCNCc1cccc(Cl)c1OCC(=O)N(CC)C1CC1. The first-order chi connectivity index (χ1) is 10.2. The summed E-state index contributed by atoms with van der Waals surface area (Å²) in [5.74, 6) is 0.648. The van der Waals surface area contributed by atoms with Gasteiger partial charge < -0.3 is 15.0 Å². The van der Waals surface area contributed by atoms with Gasteiger partial charge in [0.05, 0.1) is 5.02 Å². The number of amides is 1. The van der Waals surface area contributed by atoms with Gasteiger partial charge in [0.1, 0.15) is 5.75 Å². The Hall–Kier alpha value is -1.26. The minimum Gasteiger partial charge on any atom is -0.482 e. The quantitative estimate of drug-likeness (QED) is 0.803. The maximum absolute atomic E-state index is 12.2. The molecule has 0 saturated heterocycles. The van der Waals surface area contributed by atoms with Crippen LogP contribution in [0.3, 0.4) is 0 Å². The summed E-state index contributed by atoms with van der Waals surface area (Å²) in [7, 11) is 0. The molecule has 5 heteroatoms. The first kappa shape index (κ1) is 16.1. The van der Waals surface area contributed by atoms with Gasteiger partial charge in [-0.05, 0) is 32.4 Å². The van der Waals surface area contributed by atoms with Crippen LogP contribution in [0, 0.1) is 0 Å². The van der Waals surface area contributed by atoms with Crippen LogP contribution in [-0.2, 0) is 11.3 Å². The van der Waals surface area contributed by atoms with E-state index in [0.717, 1.165) is 31.5 Å². The van der Waals surface area contributed by atoms with Gasteiger partial charge in [-0.15, -0.1) is 0 Å². The van der Waals surface area contributed by atoms with Crippen molar-refractivity contribution in [2.24, 2.45) is 0 Å². The molecule has 1 aliphatic rings. The Bertz CT molecular complexity index is 489. The number of hydrogen-bond acceptors (Lipinski definition) is 3. The second-order valence-electron chi connectivity index (χ2n) is 5.21. The Balaban J connectivity index is 1.99. The molecule has 0 aliphatic heterocycles. The molecule has 0 radical (unpaired) electrons. The van der Waals surface area contributed by atoms with Crippen LogP contribution < -0.4 is 10.1 Å². The van der Waals surface area contributed by atoms with E-state index in [0.29, 0.717) is 23.4 Å². The third-order valence-corrected chi connectivity index (χ3v) is 3.90. The fraction of sp³-hybridized carbons (Fsp3) is 0.562. The minimum absolute atomic E-state index is 0.0364. The highest BCUT2D eigenvalue weighted by molar-refractivity contribution is 6.32. The summed E-state index contributed by atoms with van der Waals surface area (Å²) in [4.78, 5) is 14.1. The molecular formula is C16H23ClN2O2. The van der Waals surface area contributed by atoms with E-state index in [1.54, 1.807) is 6.07 Å². The van der Waals surface area contributed by atoms with E-state index in [1.165, 1.54) is 0 Å². The molecule has 1 fully saturated rings. The number of nitrogens with zero attached hydrogens (tertiary/aromatic N) is 1. The van der Waals surface area contributed by atoms with Crippen molar-refractivity contribution >= 4 is 17.5 Å². The van der Waals surface area contributed by atoms with Gasteiger partial charge in [-0.25, -0.2) is 0 Å². The lowest BCUT2D eigenvalue weighted by molar-refractivity contribution is -0.133. The predicted molar refractivity (Wildman–Crippen MR) is 84.7 cm³/mol. The molecule has 4 nitrogen and oxygen atoms in total. The smallest absolute Gasteiger partial charge is 0.260 e. The highest BCUT2D eigenvalue weighted by Gasteiger charge is 2.31. The first-order valence-electron chi connectivity index (χ1n) is 7.57. The number of benzene rings is 1. The second-order valence-corrected chi connectivity index (χ2v) is 5.62. The van der Waals surface area contributed by atoms with E-state index in [2.05, 4.69) is 5.32 Å². The molecule has 21 heavy (non-hydrogen) atoms. The second kappa shape index (κ2) is 7.66. The fourth-order valence-corrected chi connectivity index (χ4v) is 2.60. The topological polar surface area (TPSA) is 41.6 Å². The summed E-state index contributed by atoms with van der Waals surface area (Å²) >= 11 is 6.20. The predicted octanol–water partition coefficient (Wildman–Crippen LogP) is 2.84. The summed E-state index contributed by atoms with van der Waals surface area (Å²) < 4.78 is 5.72. The van der Waals surface area contributed by atoms with Crippen molar-refractivity contribution in [3.8, 4) is 5.75 Å². The lowest BCUT2D eigenvalue weighted by Gasteiger charge is -2.21. The molecule has 1 aliphatic carbocycles. The van der Waals surface area contributed by atoms with Gasteiger partial charge in [-0.1, -0.05) is 30.7 Å². The first-order valence-corrected chi connectivity index (χ1v) is 7.95. The summed E-state index contributed by atoms with van der Waals surface area (Å²) in [6, 6.07) is 6.06. The Morgan fingerprint density at radius 1 is 1.43 bits per heavy atom. The number of hydrogen-bond donors (Lipinski definition) is 1. The van der Waals surface area contributed by atoms with Crippen LogP contribution in [-0.4, -0.2) is 36.5 Å². The Morgan fingerprint density at radius 2 is 2.19 bits per heavy atom. The number of halogens is 1. The zero-order valence-corrected chi connectivity index (χ0v) is 13.4. The van der Waals surface area contributed by atoms with Crippen LogP contribution in [0.1, 0.15) is 32.3 Å². The number of para-hydroxylation sites is 1. The van der Waals surface area contributed by atoms with Crippen molar-refractivity contribution in [1.29, 1.82) is 0 Å². The molecule has 1 saturated carbocycles. The van der Waals surface area contributed by atoms with Crippen LogP contribution in [0.15, 0.2) is 18.2 Å². The van der Waals surface area contributed by atoms with Gasteiger partial charge in [0, 0.05) is 24.7 Å². The summed E-state index contributed by atoms with van der Waals surface area (Å²) in [5.41, 5.74) is 0.978. The largest absolute Gasteiger partial charge is 0.482 e. The number of ether oxygens (including phenoxy) is 1. The Kier molecular flexibility index (Phi) is 5.88. The molecular weight excluding hydrogens is 288 g/mol. The van der Waals surface area contributed by atoms with Crippen LogP contribution in [0.5, 0.6) is 5.75 Å². The Morgan fingerprint density at radius 3 is 2.81 bits per heavy atom. The van der Waals surface area contributed by atoms with Gasteiger partial charge in [0.25, 0.3) is 5.91 Å². The van der Waals surface area contributed by atoms with Crippen LogP contribution in [0.2, 0.25) is 5.02 Å². The monoisotopic (exact) mass is 310 g/mol. The van der Waals surface area contributed by atoms with E-state index >= 15 is 0 Å². The van der Waals surface area contributed by atoms with Gasteiger partial charge in [-0.3, -0.25) is 4.79 Å².